The summed E-state index contributed by atoms with van der Waals surface area (Å²) in [5.74, 6) is -0.811. The molecule has 0 aliphatic heterocycles. The van der Waals surface area contributed by atoms with Crippen molar-refractivity contribution in [3.8, 4) is 10.6 Å². The molecule has 0 fully saturated rings. The van der Waals surface area contributed by atoms with E-state index in [4.69, 9.17) is 4.74 Å². The quantitative estimate of drug-likeness (QED) is 0.170. The number of nitrogens with zero attached hydrogens (tertiary/aromatic N) is 4. The Morgan fingerprint density at radius 1 is 1.11 bits per heavy atom. The number of hydrogen-bond donors (Lipinski definition) is 2. The second-order valence-corrected chi connectivity index (χ2v) is 9.81. The van der Waals surface area contributed by atoms with Gasteiger partial charge in [0, 0.05) is 18.8 Å². The van der Waals surface area contributed by atoms with Gasteiger partial charge in [-0.25, -0.2) is 9.78 Å². The van der Waals surface area contributed by atoms with Crippen LogP contribution in [-0.2, 0) is 10.9 Å². The summed E-state index contributed by atoms with van der Waals surface area (Å²) < 4.78 is 47.8. The van der Waals surface area contributed by atoms with Crippen LogP contribution in [0.15, 0.2) is 58.1 Å². The van der Waals surface area contributed by atoms with Crippen molar-refractivity contribution in [1.82, 2.24) is 4.98 Å². The van der Waals surface area contributed by atoms with Gasteiger partial charge in [-0.1, -0.05) is 6.07 Å². The number of azo groups is 1. The number of carbonyl (C=O) groups excluding carboxylic acids is 1. The Morgan fingerprint density at radius 2 is 1.82 bits per heavy atom. The lowest BCUT2D eigenvalue weighted by Crippen LogP contribution is -2.29. The number of carbonyl (C=O) groups is 1. The predicted molar refractivity (Wildman–Crippen MR) is 141 cm³/mol. The highest BCUT2D eigenvalue weighted by Gasteiger charge is 2.37. The van der Waals surface area contributed by atoms with Gasteiger partial charge in [0.25, 0.3) is 0 Å². The summed E-state index contributed by atoms with van der Waals surface area (Å²) >= 11 is 2.03. The minimum atomic E-state index is -4.74. The summed E-state index contributed by atoms with van der Waals surface area (Å²) in [7, 11) is 0. The standard InChI is InChI=1S/C25H23F3N4O4S2/c1-2-36-24(35)22-21(31-30-15-5-7-16(8-6-15)32(9-11-33)10-12-34)20-17(25(26,27)28)14-18(29-23(20)38-22)19-4-3-13-37-19/h3-8,13-14,33-34H,2,9-12H2,1H3. The number of aliphatic hydroxyl groups is 2. The van der Waals surface area contributed by atoms with E-state index in [9.17, 15) is 28.2 Å². The number of fused-ring (bicyclic) bond motifs is 1. The summed E-state index contributed by atoms with van der Waals surface area (Å²) in [6.07, 6.45) is -4.74. The van der Waals surface area contributed by atoms with Gasteiger partial charge in [0.2, 0.25) is 0 Å². The van der Waals surface area contributed by atoms with E-state index in [0.717, 1.165) is 17.4 Å². The average Bonchev–Trinajstić information content (AvgIpc) is 3.55. The molecule has 38 heavy (non-hydrogen) atoms. The molecule has 13 heteroatoms. The smallest absolute Gasteiger partial charge is 0.417 e. The van der Waals surface area contributed by atoms with Crippen LogP contribution in [0.3, 0.4) is 0 Å². The predicted octanol–water partition coefficient (Wildman–Crippen LogP) is 6.43. The molecule has 0 saturated carbocycles. The van der Waals surface area contributed by atoms with Crippen molar-refractivity contribution < 1.29 is 32.9 Å². The average molecular weight is 565 g/mol. The van der Waals surface area contributed by atoms with Crippen LogP contribution in [0.1, 0.15) is 22.2 Å². The van der Waals surface area contributed by atoms with Gasteiger partial charge >= 0.3 is 12.1 Å². The van der Waals surface area contributed by atoms with Crippen LogP contribution in [-0.4, -0.2) is 54.1 Å². The van der Waals surface area contributed by atoms with Gasteiger partial charge in [0.1, 0.15) is 15.4 Å². The van der Waals surface area contributed by atoms with Gasteiger partial charge in [-0.2, -0.15) is 18.3 Å². The Bertz CT molecular complexity index is 1420. The van der Waals surface area contributed by atoms with E-state index in [0.29, 0.717) is 29.3 Å². The van der Waals surface area contributed by atoms with E-state index in [2.05, 4.69) is 15.2 Å². The summed E-state index contributed by atoms with van der Waals surface area (Å²) in [4.78, 5) is 19.3. The molecule has 0 amide bonds. The molecule has 3 aromatic heterocycles. The number of thiophene rings is 2. The van der Waals surface area contributed by atoms with Crippen molar-refractivity contribution in [3.05, 3.63) is 58.3 Å². The molecule has 1 aromatic carbocycles. The lowest BCUT2D eigenvalue weighted by Gasteiger charge is -2.22. The highest BCUT2D eigenvalue weighted by atomic mass is 32.1. The monoisotopic (exact) mass is 564 g/mol. The lowest BCUT2D eigenvalue weighted by molar-refractivity contribution is -0.136. The second-order valence-electron chi connectivity index (χ2n) is 7.86. The van der Waals surface area contributed by atoms with Crippen molar-refractivity contribution in [2.45, 2.75) is 13.1 Å². The fourth-order valence-corrected chi connectivity index (χ4v) is 5.45. The molecule has 0 spiro atoms. The van der Waals surface area contributed by atoms with E-state index < -0.39 is 17.7 Å². The first-order valence-electron chi connectivity index (χ1n) is 11.5. The lowest BCUT2D eigenvalue weighted by atomic mass is 10.1. The number of esters is 1. The molecule has 0 radical (unpaired) electrons. The molecule has 0 atom stereocenters. The van der Waals surface area contributed by atoms with E-state index >= 15 is 0 Å². The molecule has 3 heterocycles. The third-order valence-electron chi connectivity index (χ3n) is 5.40. The van der Waals surface area contributed by atoms with Crippen LogP contribution < -0.4 is 4.90 Å². The Kier molecular flexibility index (Phi) is 8.72. The number of rotatable bonds is 10. The summed E-state index contributed by atoms with van der Waals surface area (Å²) in [6.45, 7) is 2.04. The molecular weight excluding hydrogens is 541 g/mol. The molecule has 0 unspecified atom stereocenters. The maximum absolute atomic E-state index is 14.2. The topological polar surface area (TPSA) is 108 Å². The number of alkyl halides is 3. The van der Waals surface area contributed by atoms with Crippen molar-refractivity contribution in [2.24, 2.45) is 10.2 Å². The number of halogens is 3. The SMILES string of the molecule is CCOC(=O)c1sc2nc(-c3cccs3)cc(C(F)(F)F)c2c1N=Nc1ccc(N(CCO)CCO)cc1. The minimum absolute atomic E-state index is 0.000718. The molecule has 4 aromatic rings. The number of ether oxygens (including phenoxy) is 1. The highest BCUT2D eigenvalue weighted by molar-refractivity contribution is 7.21. The minimum Gasteiger partial charge on any atom is -0.462 e. The third kappa shape index (κ3) is 6.01. The number of anilines is 1. The van der Waals surface area contributed by atoms with Gasteiger partial charge < -0.3 is 19.8 Å². The molecule has 0 aliphatic rings. The second kappa shape index (κ2) is 12.0. The van der Waals surface area contributed by atoms with E-state index in [1.807, 2.05) is 0 Å². The maximum atomic E-state index is 14.2. The molecule has 8 nitrogen and oxygen atoms in total. The number of aliphatic hydroxyl groups excluding tert-OH is 2. The van der Waals surface area contributed by atoms with Gasteiger partial charge in [-0.15, -0.1) is 27.8 Å². The third-order valence-corrected chi connectivity index (χ3v) is 7.34. The van der Waals surface area contributed by atoms with Gasteiger partial charge in [0.15, 0.2) is 0 Å². The molecule has 0 aliphatic carbocycles. The first kappa shape index (κ1) is 27.6. The van der Waals surface area contributed by atoms with Crippen LogP contribution >= 0.6 is 22.7 Å². The largest absolute Gasteiger partial charge is 0.462 e. The Labute approximate surface area is 223 Å². The van der Waals surface area contributed by atoms with Crippen molar-refractivity contribution in [1.29, 1.82) is 0 Å². The van der Waals surface area contributed by atoms with Gasteiger partial charge in [0.05, 0.1) is 47.0 Å². The Balaban J connectivity index is 1.82. The molecule has 0 bridgehead atoms. The summed E-state index contributed by atoms with van der Waals surface area (Å²) in [6, 6.07) is 10.9. The number of hydrogen-bond acceptors (Lipinski definition) is 10. The van der Waals surface area contributed by atoms with E-state index in [-0.39, 0.29) is 46.3 Å². The van der Waals surface area contributed by atoms with Crippen LogP contribution in [0.2, 0.25) is 0 Å². The van der Waals surface area contributed by atoms with E-state index in [1.54, 1.807) is 53.6 Å². The summed E-state index contributed by atoms with van der Waals surface area (Å²) in [5.41, 5.74) is -0.0405. The van der Waals surface area contributed by atoms with Crippen molar-refractivity contribution in [3.63, 3.8) is 0 Å². The van der Waals surface area contributed by atoms with Crippen LogP contribution in [0.4, 0.5) is 30.2 Å². The Hall–Kier alpha value is -3.39. The number of pyridine rings is 1. The molecule has 0 saturated heterocycles. The van der Waals surface area contributed by atoms with Gasteiger partial charge in [-0.3, -0.25) is 0 Å². The zero-order valence-corrected chi connectivity index (χ0v) is 21.7. The molecule has 4 rings (SSSR count). The number of aromatic nitrogens is 1. The molecular formula is C25H23F3N4O4S2. The molecule has 200 valence electrons. The van der Waals surface area contributed by atoms with Crippen LogP contribution in [0, 0.1) is 0 Å². The first-order chi connectivity index (χ1) is 18.3. The fraction of sp³-hybridized carbons (Fsp3) is 0.280. The van der Waals surface area contributed by atoms with Crippen LogP contribution in [0.5, 0.6) is 0 Å². The Morgan fingerprint density at radius 3 is 2.39 bits per heavy atom. The fourth-order valence-electron chi connectivity index (χ4n) is 3.74. The maximum Gasteiger partial charge on any atom is 0.417 e. The van der Waals surface area contributed by atoms with E-state index in [1.165, 1.54) is 11.3 Å². The van der Waals surface area contributed by atoms with Crippen molar-refractivity contribution in [2.75, 3.05) is 37.8 Å². The highest BCUT2D eigenvalue weighted by Crippen LogP contribution is 2.46. The zero-order chi connectivity index (χ0) is 27.3. The normalized spacial score (nSPS) is 11.9. The molecule has 2 N–H and O–H groups in total. The van der Waals surface area contributed by atoms with Crippen LogP contribution in [0.25, 0.3) is 20.8 Å². The number of benzene rings is 1. The zero-order valence-electron chi connectivity index (χ0n) is 20.1. The summed E-state index contributed by atoms with van der Waals surface area (Å²) in [5, 5.41) is 28.1. The van der Waals surface area contributed by atoms with Gasteiger partial charge in [-0.05, 0) is 48.7 Å². The van der Waals surface area contributed by atoms with Crippen molar-refractivity contribution >= 4 is 55.9 Å². The first-order valence-corrected chi connectivity index (χ1v) is 13.2.